The number of hydrogen-bond donors (Lipinski definition) is 2. The Bertz CT molecular complexity index is 664. The Hall–Kier alpha value is -1.30. The second kappa shape index (κ2) is 6.22. The lowest BCUT2D eigenvalue weighted by atomic mass is 9.93. The molecular formula is C14H15Cl2N3OS. The van der Waals surface area contributed by atoms with Gasteiger partial charge in [0.1, 0.15) is 5.76 Å². The van der Waals surface area contributed by atoms with Crippen molar-refractivity contribution in [2.75, 3.05) is 10.6 Å². The molecule has 0 aliphatic heterocycles. The van der Waals surface area contributed by atoms with Gasteiger partial charge >= 0.3 is 0 Å². The first-order valence-corrected chi connectivity index (χ1v) is 7.42. The van der Waals surface area contributed by atoms with Crippen molar-refractivity contribution in [2.24, 2.45) is 0 Å². The molecule has 4 nitrogen and oxygen atoms in total. The number of benzene rings is 1. The molecule has 112 valence electrons. The van der Waals surface area contributed by atoms with Crippen LogP contribution in [-0.2, 0) is 5.41 Å². The fourth-order valence-electron chi connectivity index (χ4n) is 1.55. The topological polar surface area (TPSA) is 50.1 Å². The minimum absolute atomic E-state index is 0.113. The highest BCUT2D eigenvalue weighted by molar-refractivity contribution is 7.80. The lowest BCUT2D eigenvalue weighted by Gasteiger charge is -2.12. The van der Waals surface area contributed by atoms with Gasteiger partial charge in [-0.1, -0.05) is 49.1 Å². The molecule has 0 unspecified atom stereocenters. The maximum atomic E-state index is 6.06. The monoisotopic (exact) mass is 343 g/mol. The van der Waals surface area contributed by atoms with Crippen LogP contribution in [0.5, 0.6) is 0 Å². The molecule has 2 N–H and O–H groups in total. The van der Waals surface area contributed by atoms with Crippen molar-refractivity contribution in [3.63, 3.8) is 0 Å². The molecule has 0 atom stereocenters. The molecule has 0 saturated carbocycles. The third-order valence-electron chi connectivity index (χ3n) is 2.67. The SMILES string of the molecule is CC(C)(C)c1cc(NC(=S)Nc2cc(Cl)ccc2Cl)no1. The van der Waals surface area contributed by atoms with Gasteiger partial charge < -0.3 is 15.2 Å². The fourth-order valence-corrected chi connectivity index (χ4v) is 2.10. The molecule has 0 amide bonds. The zero-order valence-electron chi connectivity index (χ0n) is 11.8. The molecule has 0 aliphatic rings. The minimum Gasteiger partial charge on any atom is -0.359 e. The van der Waals surface area contributed by atoms with Crippen molar-refractivity contribution < 1.29 is 4.52 Å². The van der Waals surface area contributed by atoms with Crippen LogP contribution in [0.1, 0.15) is 26.5 Å². The summed E-state index contributed by atoms with van der Waals surface area (Å²) in [5, 5.41) is 11.3. The predicted octanol–water partition coefficient (Wildman–Crippen LogP) is 5.09. The van der Waals surface area contributed by atoms with Crippen molar-refractivity contribution in [3.05, 3.63) is 40.1 Å². The molecule has 21 heavy (non-hydrogen) atoms. The molecule has 1 heterocycles. The van der Waals surface area contributed by atoms with Crippen LogP contribution >= 0.6 is 35.4 Å². The lowest BCUT2D eigenvalue weighted by Crippen LogP contribution is -2.19. The molecule has 1 aromatic heterocycles. The van der Waals surface area contributed by atoms with Crippen LogP contribution in [0.4, 0.5) is 11.5 Å². The lowest BCUT2D eigenvalue weighted by molar-refractivity contribution is 0.331. The summed E-state index contributed by atoms with van der Waals surface area (Å²) in [5.74, 6) is 1.31. The van der Waals surface area contributed by atoms with Gasteiger partial charge in [-0.25, -0.2) is 0 Å². The quantitative estimate of drug-likeness (QED) is 0.744. The van der Waals surface area contributed by atoms with E-state index in [1.165, 1.54) is 0 Å². The first kappa shape index (κ1) is 16.1. The Balaban J connectivity index is 2.05. The van der Waals surface area contributed by atoms with Crippen molar-refractivity contribution in [2.45, 2.75) is 26.2 Å². The highest BCUT2D eigenvalue weighted by Crippen LogP contribution is 2.26. The Morgan fingerprint density at radius 2 is 1.90 bits per heavy atom. The Morgan fingerprint density at radius 1 is 1.19 bits per heavy atom. The predicted molar refractivity (Wildman–Crippen MR) is 91.5 cm³/mol. The second-order valence-electron chi connectivity index (χ2n) is 5.53. The first-order valence-electron chi connectivity index (χ1n) is 6.26. The van der Waals surface area contributed by atoms with Crippen LogP contribution in [0.2, 0.25) is 10.0 Å². The average Bonchev–Trinajstić information content (AvgIpc) is 2.82. The maximum absolute atomic E-state index is 6.06. The standard InChI is InChI=1S/C14H15Cl2N3OS/c1-14(2,3)11-7-12(19-20-11)18-13(21)17-10-6-8(15)4-5-9(10)16/h4-7H,1-3H3,(H2,17,18,19,21). The van der Waals surface area contributed by atoms with E-state index in [1.54, 1.807) is 18.2 Å². The number of rotatable bonds is 2. The Kier molecular flexibility index (Phi) is 4.76. The number of anilines is 2. The summed E-state index contributed by atoms with van der Waals surface area (Å²) in [6, 6.07) is 6.91. The Labute approximate surface area is 138 Å². The minimum atomic E-state index is -0.113. The second-order valence-corrected chi connectivity index (χ2v) is 6.78. The smallest absolute Gasteiger partial charge is 0.176 e. The molecule has 0 radical (unpaired) electrons. The summed E-state index contributed by atoms with van der Waals surface area (Å²) in [5.41, 5.74) is 0.513. The normalized spacial score (nSPS) is 11.3. The highest BCUT2D eigenvalue weighted by Gasteiger charge is 2.20. The summed E-state index contributed by atoms with van der Waals surface area (Å²) < 4.78 is 5.28. The largest absolute Gasteiger partial charge is 0.359 e. The summed E-state index contributed by atoms with van der Waals surface area (Å²) >= 11 is 17.2. The van der Waals surface area contributed by atoms with Gasteiger partial charge in [0.25, 0.3) is 0 Å². The van der Waals surface area contributed by atoms with Crippen LogP contribution in [0.3, 0.4) is 0 Å². The van der Waals surface area contributed by atoms with E-state index in [2.05, 4.69) is 15.8 Å². The molecule has 0 aliphatic carbocycles. The van der Waals surface area contributed by atoms with Gasteiger partial charge in [-0.3, -0.25) is 0 Å². The summed E-state index contributed by atoms with van der Waals surface area (Å²) in [7, 11) is 0. The van der Waals surface area contributed by atoms with Gasteiger partial charge in [0.05, 0.1) is 10.7 Å². The third-order valence-corrected chi connectivity index (χ3v) is 3.44. The number of thiocarbonyl (C=S) groups is 1. The van der Waals surface area contributed by atoms with Crippen molar-refractivity contribution >= 4 is 52.0 Å². The van der Waals surface area contributed by atoms with Crippen LogP contribution in [0, 0.1) is 0 Å². The molecule has 1 aromatic carbocycles. The van der Waals surface area contributed by atoms with E-state index >= 15 is 0 Å². The van der Waals surface area contributed by atoms with Gasteiger partial charge in [-0.05, 0) is 30.4 Å². The number of nitrogens with one attached hydrogen (secondary N) is 2. The number of nitrogens with zero attached hydrogens (tertiary/aromatic N) is 1. The van der Waals surface area contributed by atoms with Gasteiger partial charge in [0.15, 0.2) is 10.9 Å². The fraction of sp³-hybridized carbons (Fsp3) is 0.286. The zero-order chi connectivity index (χ0) is 15.6. The number of halogens is 2. The summed E-state index contributed by atoms with van der Waals surface area (Å²) in [6.45, 7) is 6.12. The van der Waals surface area contributed by atoms with E-state index in [1.807, 2.05) is 26.8 Å². The molecule has 0 bridgehead atoms. The van der Waals surface area contributed by atoms with E-state index in [4.69, 9.17) is 39.9 Å². The van der Waals surface area contributed by atoms with E-state index in [0.717, 1.165) is 5.76 Å². The maximum Gasteiger partial charge on any atom is 0.176 e. The van der Waals surface area contributed by atoms with Crippen LogP contribution in [0.15, 0.2) is 28.8 Å². The Morgan fingerprint density at radius 3 is 2.52 bits per heavy atom. The molecule has 2 rings (SSSR count). The van der Waals surface area contributed by atoms with Crippen LogP contribution in [-0.4, -0.2) is 10.3 Å². The van der Waals surface area contributed by atoms with Crippen molar-refractivity contribution in [3.8, 4) is 0 Å². The van der Waals surface area contributed by atoms with Crippen LogP contribution < -0.4 is 10.6 Å². The van der Waals surface area contributed by atoms with Crippen molar-refractivity contribution in [1.29, 1.82) is 0 Å². The van der Waals surface area contributed by atoms with Gasteiger partial charge in [0, 0.05) is 16.5 Å². The molecule has 0 fully saturated rings. The van der Waals surface area contributed by atoms with Crippen molar-refractivity contribution in [1.82, 2.24) is 5.16 Å². The third kappa shape index (κ3) is 4.33. The average molecular weight is 344 g/mol. The molecule has 7 heteroatoms. The van der Waals surface area contributed by atoms with E-state index in [0.29, 0.717) is 26.7 Å². The zero-order valence-corrected chi connectivity index (χ0v) is 14.2. The highest BCUT2D eigenvalue weighted by atomic mass is 35.5. The summed E-state index contributed by atoms with van der Waals surface area (Å²) in [6.07, 6.45) is 0. The van der Waals surface area contributed by atoms with Crippen LogP contribution in [0.25, 0.3) is 0 Å². The van der Waals surface area contributed by atoms with Gasteiger partial charge in [-0.2, -0.15) is 0 Å². The summed E-state index contributed by atoms with van der Waals surface area (Å²) in [4.78, 5) is 0. The molecule has 2 aromatic rings. The molecule has 0 saturated heterocycles. The first-order chi connectivity index (χ1) is 9.75. The van der Waals surface area contributed by atoms with E-state index in [-0.39, 0.29) is 5.41 Å². The molecular weight excluding hydrogens is 329 g/mol. The molecule has 0 spiro atoms. The number of hydrogen-bond acceptors (Lipinski definition) is 3. The van der Waals surface area contributed by atoms with E-state index < -0.39 is 0 Å². The van der Waals surface area contributed by atoms with E-state index in [9.17, 15) is 0 Å². The van der Waals surface area contributed by atoms with Gasteiger partial charge in [-0.15, -0.1) is 0 Å². The number of aromatic nitrogens is 1. The van der Waals surface area contributed by atoms with Gasteiger partial charge in [0.2, 0.25) is 0 Å².